The maximum Gasteiger partial charge on any atom is 0.223 e. The van der Waals surface area contributed by atoms with Gasteiger partial charge in [0.1, 0.15) is 0 Å². The fraction of sp³-hybridized carbons (Fsp3) is 0.533. The zero-order valence-electron chi connectivity index (χ0n) is 10.9. The van der Waals surface area contributed by atoms with Crippen LogP contribution in [-0.2, 0) is 11.2 Å². The Morgan fingerprint density at radius 2 is 2.17 bits per heavy atom. The van der Waals surface area contributed by atoms with Crippen LogP contribution < -0.4 is 5.32 Å². The van der Waals surface area contributed by atoms with Crippen LogP contribution >= 0.6 is 0 Å². The number of piperidine rings is 1. The van der Waals surface area contributed by atoms with E-state index in [-0.39, 0.29) is 0 Å². The van der Waals surface area contributed by atoms with Crippen molar-refractivity contribution in [3.05, 3.63) is 35.4 Å². The van der Waals surface area contributed by atoms with Crippen LogP contribution in [0.25, 0.3) is 0 Å². The quantitative estimate of drug-likeness (QED) is 0.818. The summed E-state index contributed by atoms with van der Waals surface area (Å²) in [4.78, 5) is 14.2. The molecule has 0 saturated carbocycles. The molecule has 18 heavy (non-hydrogen) atoms. The molecule has 1 saturated heterocycles. The van der Waals surface area contributed by atoms with Crippen LogP contribution in [-0.4, -0.2) is 30.4 Å². The van der Waals surface area contributed by atoms with Crippen molar-refractivity contribution in [2.75, 3.05) is 13.6 Å². The average Bonchev–Trinajstić information content (AvgIpc) is 2.56. The topological polar surface area (TPSA) is 32.3 Å². The Morgan fingerprint density at radius 1 is 1.33 bits per heavy atom. The predicted molar refractivity (Wildman–Crippen MR) is 71.3 cm³/mol. The highest BCUT2D eigenvalue weighted by Gasteiger charge is 2.34. The van der Waals surface area contributed by atoms with Crippen LogP contribution in [0.5, 0.6) is 0 Å². The van der Waals surface area contributed by atoms with Crippen molar-refractivity contribution in [2.24, 2.45) is 0 Å². The number of amides is 1. The van der Waals surface area contributed by atoms with Gasteiger partial charge in [-0.2, -0.15) is 0 Å². The summed E-state index contributed by atoms with van der Waals surface area (Å²) >= 11 is 0. The minimum Gasteiger partial charge on any atom is -0.334 e. The van der Waals surface area contributed by atoms with Gasteiger partial charge < -0.3 is 10.2 Å². The third-order valence-corrected chi connectivity index (χ3v) is 4.27. The molecule has 0 bridgehead atoms. The van der Waals surface area contributed by atoms with Gasteiger partial charge in [-0.15, -0.1) is 0 Å². The number of nitrogens with one attached hydrogen (secondary N) is 1. The average molecular weight is 244 g/mol. The summed E-state index contributed by atoms with van der Waals surface area (Å²) in [5.41, 5.74) is 2.77. The summed E-state index contributed by atoms with van der Waals surface area (Å²) in [7, 11) is 1.99. The predicted octanol–water partition coefficient (Wildman–Crippen LogP) is 1.88. The highest BCUT2D eigenvalue weighted by Crippen LogP contribution is 2.36. The zero-order chi connectivity index (χ0) is 12.5. The molecule has 2 aliphatic rings. The van der Waals surface area contributed by atoms with Crippen LogP contribution in [0.15, 0.2) is 24.3 Å². The van der Waals surface area contributed by atoms with E-state index in [1.807, 2.05) is 7.05 Å². The minimum atomic E-state index is 0.306. The van der Waals surface area contributed by atoms with E-state index >= 15 is 0 Å². The molecular weight excluding hydrogens is 224 g/mol. The lowest BCUT2D eigenvalue weighted by Crippen LogP contribution is -2.45. The number of hydrogen-bond acceptors (Lipinski definition) is 2. The third kappa shape index (κ3) is 1.93. The van der Waals surface area contributed by atoms with Gasteiger partial charge in [-0.05, 0) is 37.4 Å². The second-order valence-corrected chi connectivity index (χ2v) is 5.34. The summed E-state index contributed by atoms with van der Waals surface area (Å²) in [6.45, 7) is 0.842. The van der Waals surface area contributed by atoms with Gasteiger partial charge in [0.2, 0.25) is 5.91 Å². The second kappa shape index (κ2) is 4.73. The molecular formula is C15H20N2O. The maximum atomic E-state index is 12.2. The van der Waals surface area contributed by atoms with Gasteiger partial charge in [-0.3, -0.25) is 4.79 Å². The van der Waals surface area contributed by atoms with Crippen molar-refractivity contribution in [1.29, 1.82) is 0 Å². The van der Waals surface area contributed by atoms with Gasteiger partial charge in [0.25, 0.3) is 0 Å². The molecule has 0 spiro atoms. The molecule has 1 fully saturated rings. The van der Waals surface area contributed by atoms with Gasteiger partial charge in [-0.25, -0.2) is 0 Å². The SMILES string of the molecule is CNC1Cc2ccccc2C2CCCC(=O)N2C1. The molecule has 3 heteroatoms. The fourth-order valence-electron chi connectivity index (χ4n) is 3.28. The number of fused-ring (bicyclic) bond motifs is 3. The Bertz CT molecular complexity index is 458. The van der Waals surface area contributed by atoms with E-state index in [2.05, 4.69) is 34.5 Å². The summed E-state index contributed by atoms with van der Waals surface area (Å²) in [6.07, 6.45) is 3.87. The van der Waals surface area contributed by atoms with E-state index in [4.69, 9.17) is 0 Å². The summed E-state index contributed by atoms with van der Waals surface area (Å²) in [5.74, 6) is 0.322. The molecule has 2 aliphatic heterocycles. The molecule has 1 aromatic carbocycles. The van der Waals surface area contributed by atoms with E-state index < -0.39 is 0 Å². The molecule has 1 N–H and O–H groups in total. The second-order valence-electron chi connectivity index (χ2n) is 5.34. The molecule has 3 nitrogen and oxygen atoms in total. The fourth-order valence-corrected chi connectivity index (χ4v) is 3.28. The molecule has 2 atom stereocenters. The van der Waals surface area contributed by atoms with E-state index in [1.54, 1.807) is 0 Å². The number of carbonyl (C=O) groups excluding carboxylic acids is 1. The normalized spacial score (nSPS) is 27.4. The number of nitrogens with zero attached hydrogens (tertiary/aromatic N) is 1. The Kier molecular flexibility index (Phi) is 3.08. The first-order chi connectivity index (χ1) is 8.79. The van der Waals surface area contributed by atoms with Crippen molar-refractivity contribution < 1.29 is 4.79 Å². The van der Waals surface area contributed by atoms with E-state index in [1.165, 1.54) is 11.1 Å². The van der Waals surface area contributed by atoms with Crippen molar-refractivity contribution in [1.82, 2.24) is 10.2 Å². The molecule has 3 rings (SSSR count). The number of benzene rings is 1. The van der Waals surface area contributed by atoms with Gasteiger partial charge in [0.15, 0.2) is 0 Å². The largest absolute Gasteiger partial charge is 0.334 e. The zero-order valence-corrected chi connectivity index (χ0v) is 10.9. The van der Waals surface area contributed by atoms with Crippen LogP contribution in [0.2, 0.25) is 0 Å². The molecule has 0 aromatic heterocycles. The first-order valence-corrected chi connectivity index (χ1v) is 6.84. The maximum absolute atomic E-state index is 12.2. The molecule has 2 unspecified atom stereocenters. The molecule has 0 aliphatic carbocycles. The molecule has 1 aromatic rings. The highest BCUT2D eigenvalue weighted by atomic mass is 16.2. The van der Waals surface area contributed by atoms with Crippen molar-refractivity contribution in [3.63, 3.8) is 0 Å². The first-order valence-electron chi connectivity index (χ1n) is 6.84. The summed E-state index contributed by atoms with van der Waals surface area (Å²) in [6, 6.07) is 9.28. The van der Waals surface area contributed by atoms with Crippen LogP contribution in [0.4, 0.5) is 0 Å². The van der Waals surface area contributed by atoms with Crippen molar-refractivity contribution >= 4 is 5.91 Å². The van der Waals surface area contributed by atoms with Gasteiger partial charge in [0, 0.05) is 19.0 Å². The standard InChI is InChI=1S/C15H20N2O/c1-16-12-9-11-5-2-3-6-13(11)14-7-4-8-15(18)17(14)10-12/h2-3,5-6,12,14,16H,4,7-10H2,1H3. The lowest BCUT2D eigenvalue weighted by Gasteiger charge is -2.36. The number of likely N-dealkylation sites (N-methyl/N-ethyl adjacent to an activating group) is 1. The van der Waals surface area contributed by atoms with E-state index in [0.717, 1.165) is 32.2 Å². The Labute approximate surface area is 108 Å². The summed E-state index contributed by atoms with van der Waals surface area (Å²) in [5, 5.41) is 3.34. The van der Waals surface area contributed by atoms with Crippen LogP contribution in [0, 0.1) is 0 Å². The highest BCUT2D eigenvalue weighted by molar-refractivity contribution is 5.77. The van der Waals surface area contributed by atoms with Crippen molar-refractivity contribution in [3.8, 4) is 0 Å². The van der Waals surface area contributed by atoms with E-state index in [0.29, 0.717) is 18.0 Å². The summed E-state index contributed by atoms with van der Waals surface area (Å²) < 4.78 is 0. The van der Waals surface area contributed by atoms with E-state index in [9.17, 15) is 4.79 Å². The molecule has 96 valence electrons. The van der Waals surface area contributed by atoms with Crippen LogP contribution in [0.3, 0.4) is 0 Å². The lowest BCUT2D eigenvalue weighted by atomic mass is 9.92. The van der Waals surface area contributed by atoms with Gasteiger partial charge >= 0.3 is 0 Å². The number of rotatable bonds is 1. The molecule has 0 radical (unpaired) electrons. The third-order valence-electron chi connectivity index (χ3n) is 4.27. The smallest absolute Gasteiger partial charge is 0.223 e. The van der Waals surface area contributed by atoms with Gasteiger partial charge in [0.05, 0.1) is 6.04 Å². The van der Waals surface area contributed by atoms with Gasteiger partial charge in [-0.1, -0.05) is 24.3 Å². The molecule has 2 heterocycles. The van der Waals surface area contributed by atoms with Crippen LogP contribution in [0.1, 0.15) is 36.4 Å². The number of hydrogen-bond donors (Lipinski definition) is 1. The first kappa shape index (κ1) is 11.7. The Hall–Kier alpha value is -1.35. The Balaban J connectivity index is 2.03. The Morgan fingerprint density at radius 3 is 3.00 bits per heavy atom. The molecule has 1 amide bonds. The lowest BCUT2D eigenvalue weighted by molar-refractivity contribution is -0.136. The minimum absolute atomic E-state index is 0.306. The number of carbonyl (C=O) groups is 1. The van der Waals surface area contributed by atoms with Crippen molar-refractivity contribution in [2.45, 2.75) is 37.8 Å². The monoisotopic (exact) mass is 244 g/mol.